The summed E-state index contributed by atoms with van der Waals surface area (Å²) in [7, 11) is 1.31. The van der Waals surface area contributed by atoms with Gasteiger partial charge in [0.2, 0.25) is 0 Å². The van der Waals surface area contributed by atoms with Gasteiger partial charge >= 0.3 is 5.97 Å². The summed E-state index contributed by atoms with van der Waals surface area (Å²) in [4.78, 5) is 13.7. The average Bonchev–Trinajstić information content (AvgIpc) is 2.23. The molecule has 0 aromatic carbocycles. The number of carbonyl (C=O) groups is 1. The summed E-state index contributed by atoms with van der Waals surface area (Å²) in [6, 6.07) is 0.391. The van der Waals surface area contributed by atoms with Gasteiger partial charge in [-0.1, -0.05) is 13.8 Å². The van der Waals surface area contributed by atoms with Crippen molar-refractivity contribution in [3.63, 3.8) is 0 Å². The minimum absolute atomic E-state index is 0.343. The van der Waals surface area contributed by atoms with E-state index in [2.05, 4.69) is 30.4 Å². The Hall–Kier alpha value is -0.610. The van der Waals surface area contributed by atoms with Crippen LogP contribution in [0.2, 0.25) is 0 Å². The van der Waals surface area contributed by atoms with E-state index in [1.54, 1.807) is 0 Å². The van der Waals surface area contributed by atoms with Crippen LogP contribution in [0.25, 0.3) is 0 Å². The molecule has 1 aliphatic rings. The SMILES string of the molecule is COC(=O)C(C)(O)CN1CC(C)CC(C)C1C. The highest BCUT2D eigenvalue weighted by molar-refractivity contribution is 5.78. The number of likely N-dealkylation sites (tertiary alicyclic amines) is 1. The molecule has 0 aromatic rings. The Kier molecular flexibility index (Phi) is 4.55. The lowest BCUT2D eigenvalue weighted by molar-refractivity contribution is -0.163. The number of nitrogens with zero attached hydrogens (tertiary/aromatic N) is 1. The van der Waals surface area contributed by atoms with Gasteiger partial charge in [-0.3, -0.25) is 4.90 Å². The minimum atomic E-state index is -1.42. The number of piperidine rings is 1. The van der Waals surface area contributed by atoms with Gasteiger partial charge in [-0.25, -0.2) is 4.79 Å². The van der Waals surface area contributed by atoms with Crippen molar-refractivity contribution in [3.8, 4) is 0 Å². The van der Waals surface area contributed by atoms with Crippen molar-refractivity contribution in [2.24, 2.45) is 11.8 Å². The van der Waals surface area contributed by atoms with E-state index < -0.39 is 11.6 Å². The fraction of sp³-hybridized carbons (Fsp3) is 0.923. The normalized spacial score (nSPS) is 34.1. The quantitative estimate of drug-likeness (QED) is 0.759. The van der Waals surface area contributed by atoms with Gasteiger partial charge in [-0.15, -0.1) is 0 Å². The Bertz CT molecular complexity index is 278. The predicted octanol–water partition coefficient (Wildman–Crippen LogP) is 1.28. The molecule has 4 nitrogen and oxygen atoms in total. The monoisotopic (exact) mass is 243 g/mol. The molecular weight excluding hydrogens is 218 g/mol. The van der Waals surface area contributed by atoms with Crippen molar-refractivity contribution in [1.29, 1.82) is 0 Å². The molecule has 4 unspecified atom stereocenters. The number of hydrogen-bond donors (Lipinski definition) is 1. The summed E-state index contributed by atoms with van der Waals surface area (Å²) in [6.07, 6.45) is 1.21. The first-order chi connectivity index (χ1) is 7.77. The Morgan fingerprint density at radius 1 is 1.47 bits per heavy atom. The number of methoxy groups -OCH3 is 1. The molecule has 1 fully saturated rings. The number of β-amino-alcohol motifs (C(OH)–C–C–N with tert-alkyl or cyclic N) is 1. The van der Waals surface area contributed by atoms with Crippen LogP contribution >= 0.6 is 0 Å². The topological polar surface area (TPSA) is 49.8 Å². The molecular formula is C13H25NO3. The highest BCUT2D eigenvalue weighted by atomic mass is 16.5. The molecule has 0 spiro atoms. The molecule has 17 heavy (non-hydrogen) atoms. The molecule has 1 rings (SSSR count). The second kappa shape index (κ2) is 5.36. The second-order valence-corrected chi connectivity index (χ2v) is 5.75. The van der Waals surface area contributed by atoms with E-state index in [0.29, 0.717) is 24.4 Å². The van der Waals surface area contributed by atoms with Crippen molar-refractivity contribution < 1.29 is 14.6 Å². The van der Waals surface area contributed by atoms with E-state index in [1.807, 2.05) is 0 Å². The van der Waals surface area contributed by atoms with Gasteiger partial charge in [0.1, 0.15) is 0 Å². The lowest BCUT2D eigenvalue weighted by Crippen LogP contribution is -2.54. The summed E-state index contributed by atoms with van der Waals surface area (Å²) in [5.41, 5.74) is -1.42. The third kappa shape index (κ3) is 3.42. The number of rotatable bonds is 3. The van der Waals surface area contributed by atoms with E-state index in [1.165, 1.54) is 20.5 Å². The van der Waals surface area contributed by atoms with E-state index >= 15 is 0 Å². The molecule has 0 radical (unpaired) electrons. The van der Waals surface area contributed by atoms with E-state index in [0.717, 1.165) is 6.54 Å². The fourth-order valence-corrected chi connectivity index (χ4v) is 2.72. The summed E-state index contributed by atoms with van der Waals surface area (Å²) in [5, 5.41) is 10.1. The van der Waals surface area contributed by atoms with Crippen LogP contribution in [0.3, 0.4) is 0 Å². The Morgan fingerprint density at radius 2 is 2.06 bits per heavy atom. The molecule has 0 aromatic heterocycles. The Labute approximate surface area is 104 Å². The largest absolute Gasteiger partial charge is 0.467 e. The lowest BCUT2D eigenvalue weighted by Gasteiger charge is -2.43. The lowest BCUT2D eigenvalue weighted by atomic mass is 9.85. The van der Waals surface area contributed by atoms with Crippen LogP contribution in [0.5, 0.6) is 0 Å². The fourth-order valence-electron chi connectivity index (χ4n) is 2.72. The Morgan fingerprint density at radius 3 is 2.59 bits per heavy atom. The Balaban J connectivity index is 2.69. The number of ether oxygens (including phenoxy) is 1. The van der Waals surface area contributed by atoms with E-state index in [4.69, 9.17) is 0 Å². The van der Waals surface area contributed by atoms with Crippen molar-refractivity contribution in [2.75, 3.05) is 20.2 Å². The van der Waals surface area contributed by atoms with Gasteiger partial charge in [0.25, 0.3) is 0 Å². The number of carbonyl (C=O) groups excluding carboxylic acids is 1. The van der Waals surface area contributed by atoms with Gasteiger partial charge < -0.3 is 9.84 Å². The predicted molar refractivity (Wildman–Crippen MR) is 66.6 cm³/mol. The van der Waals surface area contributed by atoms with Crippen LogP contribution in [0, 0.1) is 11.8 Å². The van der Waals surface area contributed by atoms with Crippen LogP contribution in [0.1, 0.15) is 34.1 Å². The van der Waals surface area contributed by atoms with Crippen molar-refractivity contribution >= 4 is 5.97 Å². The molecule has 1 aliphatic heterocycles. The van der Waals surface area contributed by atoms with Crippen LogP contribution in [0.15, 0.2) is 0 Å². The third-order valence-corrected chi connectivity index (χ3v) is 3.86. The van der Waals surface area contributed by atoms with Gasteiger partial charge in [-0.05, 0) is 32.1 Å². The highest BCUT2D eigenvalue weighted by Gasteiger charge is 2.38. The number of esters is 1. The van der Waals surface area contributed by atoms with Gasteiger partial charge in [0.15, 0.2) is 5.60 Å². The molecule has 1 heterocycles. The molecule has 0 aliphatic carbocycles. The van der Waals surface area contributed by atoms with E-state index in [-0.39, 0.29) is 0 Å². The van der Waals surface area contributed by atoms with Crippen molar-refractivity contribution in [3.05, 3.63) is 0 Å². The highest BCUT2D eigenvalue weighted by Crippen LogP contribution is 2.28. The summed E-state index contributed by atoms with van der Waals surface area (Å²) < 4.78 is 4.63. The van der Waals surface area contributed by atoms with Gasteiger partial charge in [-0.2, -0.15) is 0 Å². The summed E-state index contributed by atoms with van der Waals surface area (Å²) in [5.74, 6) is 0.637. The van der Waals surface area contributed by atoms with Gasteiger partial charge in [0, 0.05) is 19.1 Å². The molecule has 0 saturated carbocycles. The zero-order valence-electron chi connectivity index (χ0n) is 11.6. The number of hydrogen-bond acceptors (Lipinski definition) is 4. The van der Waals surface area contributed by atoms with Crippen molar-refractivity contribution in [1.82, 2.24) is 4.90 Å². The zero-order chi connectivity index (χ0) is 13.2. The molecule has 1 N–H and O–H groups in total. The molecule has 4 atom stereocenters. The molecule has 0 bridgehead atoms. The van der Waals surface area contributed by atoms with Crippen LogP contribution in [-0.4, -0.2) is 47.8 Å². The second-order valence-electron chi connectivity index (χ2n) is 5.75. The maximum atomic E-state index is 11.5. The molecule has 1 saturated heterocycles. The van der Waals surface area contributed by atoms with E-state index in [9.17, 15) is 9.90 Å². The first-order valence-electron chi connectivity index (χ1n) is 6.32. The first kappa shape index (κ1) is 14.5. The smallest absolute Gasteiger partial charge is 0.338 e. The standard InChI is InChI=1S/C13H25NO3/c1-9-6-10(2)11(3)14(7-9)8-13(4,16)12(15)17-5/h9-11,16H,6-8H2,1-5H3. The van der Waals surface area contributed by atoms with Crippen LogP contribution in [-0.2, 0) is 9.53 Å². The minimum Gasteiger partial charge on any atom is -0.467 e. The zero-order valence-corrected chi connectivity index (χ0v) is 11.6. The average molecular weight is 243 g/mol. The summed E-state index contributed by atoms with van der Waals surface area (Å²) >= 11 is 0. The van der Waals surface area contributed by atoms with Crippen molar-refractivity contribution in [2.45, 2.75) is 45.8 Å². The number of aliphatic hydroxyl groups is 1. The van der Waals surface area contributed by atoms with Gasteiger partial charge in [0.05, 0.1) is 7.11 Å². The van der Waals surface area contributed by atoms with Crippen LogP contribution < -0.4 is 0 Å². The van der Waals surface area contributed by atoms with Crippen LogP contribution in [0.4, 0.5) is 0 Å². The summed E-state index contributed by atoms with van der Waals surface area (Å²) in [6.45, 7) is 9.38. The molecule has 4 heteroatoms. The maximum Gasteiger partial charge on any atom is 0.338 e. The maximum absolute atomic E-state index is 11.5. The molecule has 100 valence electrons. The molecule has 0 amide bonds. The first-order valence-corrected chi connectivity index (χ1v) is 6.32. The third-order valence-electron chi connectivity index (χ3n) is 3.86.